The van der Waals surface area contributed by atoms with Crippen molar-refractivity contribution in [3.05, 3.63) is 63.0 Å². The molecule has 2 aromatic rings. The van der Waals surface area contributed by atoms with Gasteiger partial charge in [0.2, 0.25) is 0 Å². The fourth-order valence-corrected chi connectivity index (χ4v) is 2.98. The molecular formula is C17H18N2O5S. The highest BCUT2D eigenvalue weighted by Crippen LogP contribution is 2.24. The van der Waals surface area contributed by atoms with Crippen LogP contribution >= 0.6 is 11.3 Å². The van der Waals surface area contributed by atoms with Crippen molar-refractivity contribution >= 4 is 28.2 Å². The summed E-state index contributed by atoms with van der Waals surface area (Å²) < 4.78 is 4.93. The first-order valence-corrected chi connectivity index (χ1v) is 8.58. The normalized spacial score (nSPS) is 11.6. The third-order valence-corrected chi connectivity index (χ3v) is 4.44. The highest BCUT2D eigenvalue weighted by atomic mass is 32.1. The van der Waals surface area contributed by atoms with Crippen LogP contribution < -0.4 is 5.32 Å². The molecule has 0 aliphatic rings. The summed E-state index contributed by atoms with van der Waals surface area (Å²) >= 11 is 0.714. The number of nitrogens with one attached hydrogen (secondary N) is 1. The van der Waals surface area contributed by atoms with E-state index in [0.717, 1.165) is 18.4 Å². The number of hydrogen-bond donors (Lipinski definition) is 1. The number of amides is 1. The van der Waals surface area contributed by atoms with Gasteiger partial charge < -0.3 is 10.1 Å². The zero-order valence-electron chi connectivity index (χ0n) is 13.6. The first-order chi connectivity index (χ1) is 12.0. The van der Waals surface area contributed by atoms with Gasteiger partial charge in [0, 0.05) is 6.07 Å². The van der Waals surface area contributed by atoms with Crippen LogP contribution in [0.15, 0.2) is 42.5 Å². The number of ether oxygens (including phenoxy) is 1. The molecule has 2 rings (SSSR count). The van der Waals surface area contributed by atoms with Crippen LogP contribution in [0.5, 0.6) is 0 Å². The highest BCUT2D eigenvalue weighted by molar-refractivity contribution is 7.17. The van der Waals surface area contributed by atoms with Gasteiger partial charge in [0.05, 0.1) is 11.0 Å². The van der Waals surface area contributed by atoms with Gasteiger partial charge in [-0.15, -0.1) is 0 Å². The molecule has 1 N–H and O–H groups in total. The maximum atomic E-state index is 12.1. The van der Waals surface area contributed by atoms with Crippen LogP contribution in [0.3, 0.4) is 0 Å². The highest BCUT2D eigenvalue weighted by Gasteiger charge is 2.19. The van der Waals surface area contributed by atoms with Gasteiger partial charge >= 0.3 is 11.0 Å². The van der Waals surface area contributed by atoms with Gasteiger partial charge in [-0.25, -0.2) is 4.79 Å². The molecule has 0 bridgehead atoms. The van der Waals surface area contributed by atoms with E-state index < -0.39 is 23.4 Å². The Balaban J connectivity index is 1.90. The maximum absolute atomic E-state index is 12.1. The van der Waals surface area contributed by atoms with Crippen molar-refractivity contribution in [3.63, 3.8) is 0 Å². The van der Waals surface area contributed by atoms with Crippen LogP contribution in [0.1, 0.15) is 41.0 Å². The standard InChI is InChI=1S/C17H18N2O5S/c1-2-6-13(12-7-4-3-5-8-12)18-15(20)11-24-17(21)14-9-10-16(25-14)19(22)23/h3-5,7-10,13H,2,6,11H2,1H3,(H,18,20)/t13-/m0/s1. The third-order valence-electron chi connectivity index (χ3n) is 3.42. The Morgan fingerprint density at radius 3 is 2.56 bits per heavy atom. The van der Waals surface area contributed by atoms with Crippen molar-refractivity contribution in [3.8, 4) is 0 Å². The van der Waals surface area contributed by atoms with Crippen molar-refractivity contribution < 1.29 is 19.2 Å². The minimum atomic E-state index is -0.750. The minimum Gasteiger partial charge on any atom is -0.451 e. The van der Waals surface area contributed by atoms with Gasteiger partial charge in [0.1, 0.15) is 4.88 Å². The summed E-state index contributed by atoms with van der Waals surface area (Å²) in [7, 11) is 0. The van der Waals surface area contributed by atoms with Crippen LogP contribution in [-0.2, 0) is 9.53 Å². The number of nitrogens with zero attached hydrogens (tertiary/aromatic N) is 1. The second-order valence-electron chi connectivity index (χ2n) is 5.29. The van der Waals surface area contributed by atoms with Crippen molar-refractivity contribution in [1.29, 1.82) is 0 Å². The molecule has 0 aliphatic heterocycles. The smallest absolute Gasteiger partial charge is 0.349 e. The van der Waals surface area contributed by atoms with E-state index in [4.69, 9.17) is 4.74 Å². The Morgan fingerprint density at radius 2 is 1.96 bits per heavy atom. The molecule has 0 spiro atoms. The molecule has 1 heterocycles. The van der Waals surface area contributed by atoms with E-state index in [1.54, 1.807) is 0 Å². The predicted octanol–water partition coefficient (Wildman–Crippen LogP) is 3.47. The molecule has 0 radical (unpaired) electrons. The summed E-state index contributed by atoms with van der Waals surface area (Å²) in [5.74, 6) is -1.17. The summed E-state index contributed by atoms with van der Waals surface area (Å²) in [6.45, 7) is 1.59. The molecule has 1 atom stereocenters. The van der Waals surface area contributed by atoms with E-state index in [0.29, 0.717) is 11.3 Å². The lowest BCUT2D eigenvalue weighted by molar-refractivity contribution is -0.380. The third kappa shape index (κ3) is 5.39. The van der Waals surface area contributed by atoms with E-state index in [-0.39, 0.29) is 15.9 Å². The number of nitro groups is 1. The SMILES string of the molecule is CCC[C@H](NC(=O)COC(=O)c1ccc([N+](=O)[O-])s1)c1ccccc1. The van der Waals surface area contributed by atoms with Gasteiger partial charge in [-0.3, -0.25) is 14.9 Å². The Kier molecular flexibility index (Phi) is 6.64. The number of carbonyl (C=O) groups is 2. The number of rotatable bonds is 8. The number of hydrogen-bond acceptors (Lipinski definition) is 6. The molecule has 25 heavy (non-hydrogen) atoms. The number of carbonyl (C=O) groups excluding carboxylic acids is 2. The molecule has 1 aromatic heterocycles. The number of esters is 1. The quantitative estimate of drug-likeness (QED) is 0.440. The molecule has 0 fully saturated rings. The second kappa shape index (κ2) is 8.93. The van der Waals surface area contributed by atoms with Gasteiger partial charge in [-0.1, -0.05) is 55.0 Å². The minimum absolute atomic E-state index is 0.0904. The zero-order chi connectivity index (χ0) is 18.2. The predicted molar refractivity (Wildman–Crippen MR) is 93.5 cm³/mol. The molecule has 7 nitrogen and oxygen atoms in total. The Labute approximate surface area is 148 Å². The molecule has 1 aromatic carbocycles. The van der Waals surface area contributed by atoms with Gasteiger partial charge in [-0.2, -0.15) is 0 Å². The van der Waals surface area contributed by atoms with Crippen molar-refractivity contribution in [2.75, 3.05) is 6.61 Å². The Morgan fingerprint density at radius 1 is 1.24 bits per heavy atom. The van der Waals surface area contributed by atoms with Crippen LogP contribution in [0.2, 0.25) is 0 Å². The van der Waals surface area contributed by atoms with Crippen molar-refractivity contribution in [1.82, 2.24) is 5.32 Å². The van der Waals surface area contributed by atoms with Crippen LogP contribution in [0.25, 0.3) is 0 Å². The topological polar surface area (TPSA) is 98.5 Å². The lowest BCUT2D eigenvalue weighted by Gasteiger charge is -2.18. The molecule has 132 valence electrons. The summed E-state index contributed by atoms with van der Waals surface area (Å²) in [6.07, 6.45) is 1.65. The summed E-state index contributed by atoms with van der Waals surface area (Å²) in [5.41, 5.74) is 0.984. The zero-order valence-corrected chi connectivity index (χ0v) is 14.5. The van der Waals surface area contributed by atoms with Crippen LogP contribution in [0, 0.1) is 10.1 Å². The lowest BCUT2D eigenvalue weighted by atomic mass is 10.0. The van der Waals surface area contributed by atoms with E-state index in [1.807, 2.05) is 37.3 Å². The summed E-state index contributed by atoms with van der Waals surface area (Å²) in [4.78, 5) is 34.0. The van der Waals surface area contributed by atoms with E-state index in [9.17, 15) is 19.7 Å². The van der Waals surface area contributed by atoms with E-state index in [2.05, 4.69) is 5.32 Å². The van der Waals surface area contributed by atoms with Crippen LogP contribution in [0.4, 0.5) is 5.00 Å². The van der Waals surface area contributed by atoms with Gasteiger partial charge in [-0.05, 0) is 18.1 Å². The molecular weight excluding hydrogens is 344 g/mol. The fourth-order valence-electron chi connectivity index (χ4n) is 2.27. The van der Waals surface area contributed by atoms with Gasteiger partial charge in [0.15, 0.2) is 6.61 Å². The first-order valence-electron chi connectivity index (χ1n) is 7.77. The molecule has 0 saturated heterocycles. The van der Waals surface area contributed by atoms with E-state index in [1.165, 1.54) is 12.1 Å². The number of benzene rings is 1. The largest absolute Gasteiger partial charge is 0.451 e. The van der Waals surface area contributed by atoms with Crippen molar-refractivity contribution in [2.45, 2.75) is 25.8 Å². The lowest BCUT2D eigenvalue weighted by Crippen LogP contribution is -2.32. The first kappa shape index (κ1) is 18.6. The van der Waals surface area contributed by atoms with E-state index >= 15 is 0 Å². The summed E-state index contributed by atoms with van der Waals surface area (Å²) in [6, 6.07) is 11.9. The Hall–Kier alpha value is -2.74. The van der Waals surface area contributed by atoms with Crippen molar-refractivity contribution in [2.24, 2.45) is 0 Å². The summed E-state index contributed by atoms with van der Waals surface area (Å²) in [5, 5.41) is 13.3. The Bertz CT molecular complexity index is 745. The van der Waals surface area contributed by atoms with Crippen LogP contribution in [-0.4, -0.2) is 23.4 Å². The molecule has 1 amide bonds. The van der Waals surface area contributed by atoms with Gasteiger partial charge in [0.25, 0.3) is 5.91 Å². The average Bonchev–Trinajstić information content (AvgIpc) is 3.10. The molecule has 0 saturated carbocycles. The fraction of sp³-hybridized carbons (Fsp3) is 0.294. The average molecular weight is 362 g/mol. The molecule has 8 heteroatoms. The number of thiophene rings is 1. The molecule has 0 aliphatic carbocycles. The molecule has 0 unspecified atom stereocenters. The monoisotopic (exact) mass is 362 g/mol. The second-order valence-corrected chi connectivity index (χ2v) is 6.35. The maximum Gasteiger partial charge on any atom is 0.349 e.